The number of benzene rings is 2. The van der Waals surface area contributed by atoms with Crippen LogP contribution in [-0.4, -0.2) is 28.4 Å². The van der Waals surface area contributed by atoms with Crippen LogP contribution in [0.1, 0.15) is 18.1 Å². The highest BCUT2D eigenvalue weighted by Gasteiger charge is 2.18. The number of amides is 1. The van der Waals surface area contributed by atoms with Crippen molar-refractivity contribution in [3.8, 4) is 5.75 Å². The van der Waals surface area contributed by atoms with Crippen molar-refractivity contribution < 1.29 is 23.8 Å². The van der Waals surface area contributed by atoms with Crippen molar-refractivity contribution in [1.29, 1.82) is 0 Å². The second-order valence-corrected chi connectivity index (χ2v) is 5.35. The molecule has 5 nitrogen and oxygen atoms in total. The molecule has 0 aliphatic carbocycles. The van der Waals surface area contributed by atoms with Gasteiger partial charge in [-0.2, -0.15) is 0 Å². The highest BCUT2D eigenvalue weighted by atomic mass is 19.1. The number of rotatable bonds is 7. The van der Waals surface area contributed by atoms with E-state index in [1.54, 1.807) is 36.4 Å². The van der Waals surface area contributed by atoms with Crippen molar-refractivity contribution in [2.24, 2.45) is 0 Å². The Kier molecular flexibility index (Phi) is 5.89. The Labute approximate surface area is 139 Å². The number of hydrogen-bond donors (Lipinski definition) is 1. The fourth-order valence-corrected chi connectivity index (χ4v) is 2.14. The molecule has 1 unspecified atom stereocenters. The first-order valence-corrected chi connectivity index (χ1v) is 7.40. The highest BCUT2D eigenvalue weighted by molar-refractivity contribution is 5.71. The summed E-state index contributed by atoms with van der Waals surface area (Å²) in [6.07, 6.45) is -0.564. The van der Waals surface area contributed by atoms with Crippen molar-refractivity contribution in [1.82, 2.24) is 4.90 Å². The Balaban J connectivity index is 1.97. The molecule has 0 heterocycles. The smallest absolute Gasteiger partial charge is 0.408 e. The van der Waals surface area contributed by atoms with Crippen molar-refractivity contribution in [2.75, 3.05) is 0 Å². The van der Waals surface area contributed by atoms with Crippen LogP contribution in [0.15, 0.2) is 48.5 Å². The van der Waals surface area contributed by atoms with Gasteiger partial charge in [0.15, 0.2) is 0 Å². The molecule has 2 rings (SSSR count). The van der Waals surface area contributed by atoms with Gasteiger partial charge in [0.2, 0.25) is 0 Å². The van der Waals surface area contributed by atoms with Crippen LogP contribution in [0.5, 0.6) is 5.75 Å². The zero-order valence-electron chi connectivity index (χ0n) is 13.2. The van der Waals surface area contributed by atoms with Crippen molar-refractivity contribution >= 4 is 12.4 Å². The maximum absolute atomic E-state index is 13.1. The third-order valence-corrected chi connectivity index (χ3v) is 3.51. The van der Waals surface area contributed by atoms with E-state index in [-0.39, 0.29) is 19.0 Å². The molecule has 1 amide bonds. The minimum Gasteiger partial charge on any atom is -0.489 e. The van der Waals surface area contributed by atoms with Gasteiger partial charge in [-0.1, -0.05) is 24.3 Å². The summed E-state index contributed by atoms with van der Waals surface area (Å²) < 4.78 is 18.7. The monoisotopic (exact) mass is 331 g/mol. The predicted octanol–water partition coefficient (Wildman–Crippen LogP) is 3.47. The van der Waals surface area contributed by atoms with E-state index in [2.05, 4.69) is 0 Å². The van der Waals surface area contributed by atoms with E-state index in [0.717, 1.165) is 16.0 Å². The first kappa shape index (κ1) is 17.5. The number of ether oxygens (including phenoxy) is 1. The molecule has 24 heavy (non-hydrogen) atoms. The lowest BCUT2D eigenvalue weighted by molar-refractivity contribution is -0.111. The average Bonchev–Trinajstić information content (AvgIpc) is 2.58. The van der Waals surface area contributed by atoms with Crippen molar-refractivity contribution in [3.05, 3.63) is 65.5 Å². The quantitative estimate of drug-likeness (QED) is 0.789. The number of halogens is 1. The average molecular weight is 331 g/mol. The normalized spacial score (nSPS) is 11.6. The van der Waals surface area contributed by atoms with Gasteiger partial charge in [0.05, 0.1) is 6.04 Å². The van der Waals surface area contributed by atoms with Crippen LogP contribution in [0, 0.1) is 5.82 Å². The molecular weight excluding hydrogens is 313 g/mol. The minimum absolute atomic E-state index is 0.111. The van der Waals surface area contributed by atoms with E-state index >= 15 is 0 Å². The lowest BCUT2D eigenvalue weighted by Gasteiger charge is -2.22. The fraction of sp³-hybridized carbons (Fsp3) is 0.222. The summed E-state index contributed by atoms with van der Waals surface area (Å²) in [6, 6.07) is 12.3. The molecule has 2 aromatic rings. The molecule has 0 aliphatic rings. The lowest BCUT2D eigenvalue weighted by Crippen LogP contribution is -2.37. The largest absolute Gasteiger partial charge is 0.489 e. The Morgan fingerprint density at radius 3 is 2.54 bits per heavy atom. The van der Waals surface area contributed by atoms with E-state index in [9.17, 15) is 14.0 Å². The standard InChI is InChI=1S/C18H18FNO4/c1-13(11-21)20(18(22)23)10-14-5-7-17(8-6-14)24-12-15-3-2-4-16(19)9-15/h2-9,11,13H,10,12H2,1H3,(H,22,23). The second kappa shape index (κ2) is 8.10. The molecular formula is C18H18FNO4. The van der Waals surface area contributed by atoms with Crippen LogP contribution in [0.2, 0.25) is 0 Å². The summed E-state index contributed by atoms with van der Waals surface area (Å²) in [5.41, 5.74) is 1.46. The van der Waals surface area contributed by atoms with Gasteiger partial charge >= 0.3 is 6.09 Å². The van der Waals surface area contributed by atoms with Crippen LogP contribution in [0.25, 0.3) is 0 Å². The first-order valence-electron chi connectivity index (χ1n) is 7.40. The van der Waals surface area contributed by atoms with Gasteiger partial charge in [0, 0.05) is 6.54 Å². The molecule has 126 valence electrons. The van der Waals surface area contributed by atoms with Gasteiger partial charge in [-0.3, -0.25) is 4.90 Å². The van der Waals surface area contributed by atoms with E-state index in [4.69, 9.17) is 9.84 Å². The zero-order chi connectivity index (χ0) is 17.5. The van der Waals surface area contributed by atoms with E-state index in [0.29, 0.717) is 12.0 Å². The summed E-state index contributed by atoms with van der Waals surface area (Å²) >= 11 is 0. The number of nitrogens with zero attached hydrogens (tertiary/aromatic N) is 1. The molecule has 2 aromatic carbocycles. The molecule has 0 spiro atoms. The number of carboxylic acid groups (broad SMARTS) is 1. The van der Waals surface area contributed by atoms with Crippen LogP contribution in [0.4, 0.5) is 9.18 Å². The molecule has 1 atom stereocenters. The summed E-state index contributed by atoms with van der Waals surface area (Å²) in [7, 11) is 0. The number of carbonyl (C=O) groups is 2. The zero-order valence-corrected chi connectivity index (χ0v) is 13.2. The van der Waals surface area contributed by atoms with Crippen LogP contribution in [-0.2, 0) is 17.9 Å². The molecule has 0 fully saturated rings. The van der Waals surface area contributed by atoms with Crippen LogP contribution >= 0.6 is 0 Å². The summed E-state index contributed by atoms with van der Waals surface area (Å²) in [6.45, 7) is 1.87. The van der Waals surface area contributed by atoms with Crippen LogP contribution < -0.4 is 4.74 Å². The Morgan fingerprint density at radius 2 is 1.96 bits per heavy atom. The van der Waals surface area contributed by atoms with E-state index in [1.165, 1.54) is 19.1 Å². The first-order chi connectivity index (χ1) is 11.5. The molecule has 0 saturated carbocycles. The van der Waals surface area contributed by atoms with E-state index in [1.807, 2.05) is 0 Å². The van der Waals surface area contributed by atoms with Gasteiger partial charge in [-0.15, -0.1) is 0 Å². The molecule has 0 aromatic heterocycles. The Bertz CT molecular complexity index is 702. The maximum atomic E-state index is 13.1. The summed E-state index contributed by atoms with van der Waals surface area (Å²) in [5.74, 6) is 0.276. The molecule has 0 saturated heterocycles. The third-order valence-electron chi connectivity index (χ3n) is 3.51. The van der Waals surface area contributed by atoms with Crippen molar-refractivity contribution in [2.45, 2.75) is 26.1 Å². The molecule has 6 heteroatoms. The number of aldehydes is 1. The molecule has 0 radical (unpaired) electrons. The SMILES string of the molecule is CC(C=O)N(Cc1ccc(OCc2cccc(F)c2)cc1)C(=O)O. The van der Waals surface area contributed by atoms with Gasteiger partial charge in [-0.05, 0) is 42.3 Å². The lowest BCUT2D eigenvalue weighted by atomic mass is 10.2. The summed E-state index contributed by atoms with van der Waals surface area (Å²) in [5, 5.41) is 9.14. The molecule has 1 N–H and O–H groups in total. The topological polar surface area (TPSA) is 66.8 Å². The summed E-state index contributed by atoms with van der Waals surface area (Å²) in [4.78, 5) is 23.0. The second-order valence-electron chi connectivity index (χ2n) is 5.35. The van der Waals surface area contributed by atoms with Gasteiger partial charge in [-0.25, -0.2) is 9.18 Å². The van der Waals surface area contributed by atoms with E-state index < -0.39 is 12.1 Å². The highest BCUT2D eigenvalue weighted by Crippen LogP contribution is 2.16. The number of carbonyl (C=O) groups excluding carboxylic acids is 1. The minimum atomic E-state index is -1.15. The Morgan fingerprint density at radius 1 is 1.25 bits per heavy atom. The maximum Gasteiger partial charge on any atom is 0.408 e. The molecule has 0 aliphatic heterocycles. The van der Waals surface area contributed by atoms with Crippen molar-refractivity contribution in [3.63, 3.8) is 0 Å². The third kappa shape index (κ3) is 4.81. The van der Waals surface area contributed by atoms with Crippen LogP contribution in [0.3, 0.4) is 0 Å². The van der Waals surface area contributed by atoms with Gasteiger partial charge < -0.3 is 14.6 Å². The Hall–Kier alpha value is -2.89. The molecule has 0 bridgehead atoms. The van der Waals surface area contributed by atoms with Gasteiger partial charge in [0.1, 0.15) is 24.5 Å². The number of hydrogen-bond acceptors (Lipinski definition) is 3. The van der Waals surface area contributed by atoms with Gasteiger partial charge in [0.25, 0.3) is 0 Å². The predicted molar refractivity (Wildman–Crippen MR) is 86.3 cm³/mol. The fourth-order valence-electron chi connectivity index (χ4n) is 2.14.